The molecule has 2 rings (SSSR count). The van der Waals surface area contributed by atoms with Crippen molar-refractivity contribution in [2.45, 2.75) is 25.6 Å². The van der Waals surface area contributed by atoms with Crippen LogP contribution in [0.1, 0.15) is 12.5 Å². The number of amidine groups is 1. The molecular formula is C10H16N4S. The van der Waals surface area contributed by atoms with E-state index in [1.54, 1.807) is 0 Å². The minimum Gasteiger partial charge on any atom is -0.363 e. The van der Waals surface area contributed by atoms with Crippen LogP contribution in [0.25, 0.3) is 0 Å². The van der Waals surface area contributed by atoms with Gasteiger partial charge in [0.25, 0.3) is 0 Å². The summed E-state index contributed by atoms with van der Waals surface area (Å²) in [5.74, 6) is 0. The lowest BCUT2D eigenvalue weighted by Gasteiger charge is -2.05. The van der Waals surface area contributed by atoms with Gasteiger partial charge in [-0.3, -0.25) is 9.67 Å². The number of thioether (sulfide) groups is 1. The predicted octanol–water partition coefficient (Wildman–Crippen LogP) is 1.27. The first-order chi connectivity index (χ1) is 7.24. The minimum atomic E-state index is 0.624. The molecule has 0 aliphatic carbocycles. The minimum absolute atomic E-state index is 0.624. The Morgan fingerprint density at radius 2 is 2.53 bits per heavy atom. The molecule has 1 aromatic heterocycles. The van der Waals surface area contributed by atoms with Gasteiger partial charge in [-0.05, 0) is 12.5 Å². The van der Waals surface area contributed by atoms with Crippen molar-refractivity contribution >= 4 is 16.9 Å². The summed E-state index contributed by atoms with van der Waals surface area (Å²) in [7, 11) is 0. The molecule has 0 saturated heterocycles. The van der Waals surface area contributed by atoms with Gasteiger partial charge in [0.05, 0.1) is 19.3 Å². The number of aromatic nitrogens is 2. The third kappa shape index (κ3) is 2.99. The third-order valence-electron chi connectivity index (χ3n) is 2.18. The molecule has 15 heavy (non-hydrogen) atoms. The van der Waals surface area contributed by atoms with E-state index in [2.05, 4.69) is 29.3 Å². The summed E-state index contributed by atoms with van der Waals surface area (Å²) < 4.78 is 1.95. The highest BCUT2D eigenvalue weighted by Gasteiger charge is 2.13. The zero-order valence-electron chi connectivity index (χ0n) is 9.10. The Hall–Kier alpha value is -0.970. The van der Waals surface area contributed by atoms with Crippen LogP contribution in [0, 0.1) is 6.92 Å². The van der Waals surface area contributed by atoms with Crippen LogP contribution in [0.3, 0.4) is 0 Å². The van der Waals surface area contributed by atoms with Gasteiger partial charge in [0.2, 0.25) is 0 Å². The second-order valence-corrected chi connectivity index (χ2v) is 5.21. The van der Waals surface area contributed by atoms with Crippen LogP contribution >= 0.6 is 11.8 Å². The van der Waals surface area contributed by atoms with E-state index >= 15 is 0 Å². The summed E-state index contributed by atoms with van der Waals surface area (Å²) in [6.07, 6.45) is 3.93. The van der Waals surface area contributed by atoms with Crippen LogP contribution in [0.2, 0.25) is 0 Å². The summed E-state index contributed by atoms with van der Waals surface area (Å²) in [6, 6.07) is 0. The molecule has 1 aliphatic rings. The maximum atomic E-state index is 4.39. The average Bonchev–Trinajstić information content (AvgIpc) is 2.76. The number of nitrogens with zero attached hydrogens (tertiary/aromatic N) is 3. The summed E-state index contributed by atoms with van der Waals surface area (Å²) in [5.41, 5.74) is 1.20. The van der Waals surface area contributed by atoms with Crippen molar-refractivity contribution < 1.29 is 0 Å². The molecule has 1 atom stereocenters. The number of aryl methyl sites for hydroxylation is 1. The van der Waals surface area contributed by atoms with Gasteiger partial charge in [0.15, 0.2) is 5.17 Å². The SMILES string of the molecule is Cc1cnn(CCNC2=NCC(C)S2)c1. The van der Waals surface area contributed by atoms with Gasteiger partial charge in [-0.25, -0.2) is 0 Å². The second kappa shape index (κ2) is 4.70. The van der Waals surface area contributed by atoms with Crippen molar-refractivity contribution in [2.75, 3.05) is 13.1 Å². The molecule has 0 bridgehead atoms. The number of nitrogens with one attached hydrogen (secondary N) is 1. The van der Waals surface area contributed by atoms with E-state index < -0.39 is 0 Å². The van der Waals surface area contributed by atoms with Gasteiger partial charge in [-0.1, -0.05) is 18.7 Å². The van der Waals surface area contributed by atoms with Crippen molar-refractivity contribution in [3.63, 3.8) is 0 Å². The van der Waals surface area contributed by atoms with E-state index in [9.17, 15) is 0 Å². The van der Waals surface area contributed by atoms with Crippen molar-refractivity contribution in [2.24, 2.45) is 4.99 Å². The lowest BCUT2D eigenvalue weighted by molar-refractivity contribution is 0.604. The van der Waals surface area contributed by atoms with Gasteiger partial charge < -0.3 is 5.32 Å². The Balaban J connectivity index is 1.71. The van der Waals surface area contributed by atoms with Crippen molar-refractivity contribution in [1.82, 2.24) is 15.1 Å². The van der Waals surface area contributed by atoms with Crippen LogP contribution in [-0.4, -0.2) is 33.3 Å². The van der Waals surface area contributed by atoms with Crippen LogP contribution in [0.5, 0.6) is 0 Å². The fourth-order valence-corrected chi connectivity index (χ4v) is 2.31. The standard InChI is InChI=1S/C10H16N4S/c1-8-5-13-14(7-8)4-3-11-10-12-6-9(2)15-10/h5,7,9H,3-4,6H2,1-2H3,(H,11,12). The molecule has 4 nitrogen and oxygen atoms in total. The van der Waals surface area contributed by atoms with E-state index in [4.69, 9.17) is 0 Å². The lowest BCUT2D eigenvalue weighted by Crippen LogP contribution is -2.24. The number of hydrogen-bond acceptors (Lipinski definition) is 4. The van der Waals surface area contributed by atoms with Crippen molar-refractivity contribution in [1.29, 1.82) is 0 Å². The zero-order valence-corrected chi connectivity index (χ0v) is 9.92. The quantitative estimate of drug-likeness (QED) is 0.841. The maximum absolute atomic E-state index is 4.39. The average molecular weight is 224 g/mol. The molecule has 82 valence electrons. The Bertz CT molecular complexity index is 358. The van der Waals surface area contributed by atoms with E-state index in [-0.39, 0.29) is 0 Å². The lowest BCUT2D eigenvalue weighted by atomic mass is 10.4. The molecule has 5 heteroatoms. The largest absolute Gasteiger partial charge is 0.363 e. The predicted molar refractivity (Wildman–Crippen MR) is 64.3 cm³/mol. The topological polar surface area (TPSA) is 42.2 Å². The summed E-state index contributed by atoms with van der Waals surface area (Å²) in [5, 5.41) is 9.25. The monoisotopic (exact) mass is 224 g/mol. The molecule has 1 N–H and O–H groups in total. The van der Waals surface area contributed by atoms with E-state index in [1.165, 1.54) is 5.56 Å². The molecule has 0 radical (unpaired) electrons. The molecule has 0 amide bonds. The van der Waals surface area contributed by atoms with Crippen LogP contribution in [0.4, 0.5) is 0 Å². The Morgan fingerprint density at radius 3 is 3.13 bits per heavy atom. The molecule has 1 aliphatic heterocycles. The highest BCUT2D eigenvalue weighted by Crippen LogP contribution is 2.18. The van der Waals surface area contributed by atoms with Crippen LogP contribution < -0.4 is 5.32 Å². The Kier molecular flexibility index (Phi) is 3.30. The van der Waals surface area contributed by atoms with Gasteiger partial charge in [-0.15, -0.1) is 0 Å². The molecule has 0 fully saturated rings. The molecule has 0 aromatic carbocycles. The van der Waals surface area contributed by atoms with Gasteiger partial charge >= 0.3 is 0 Å². The highest BCUT2D eigenvalue weighted by atomic mass is 32.2. The Morgan fingerprint density at radius 1 is 1.67 bits per heavy atom. The summed E-state index contributed by atoms with van der Waals surface area (Å²) in [4.78, 5) is 4.39. The fourth-order valence-electron chi connectivity index (χ4n) is 1.44. The second-order valence-electron chi connectivity index (χ2n) is 3.78. The molecule has 1 unspecified atom stereocenters. The third-order valence-corrected chi connectivity index (χ3v) is 3.23. The molecule has 1 aromatic rings. The first kappa shape index (κ1) is 10.5. The van der Waals surface area contributed by atoms with Crippen LogP contribution in [-0.2, 0) is 6.54 Å². The van der Waals surface area contributed by atoms with Gasteiger partial charge in [0.1, 0.15) is 0 Å². The highest BCUT2D eigenvalue weighted by molar-refractivity contribution is 8.14. The number of hydrogen-bond donors (Lipinski definition) is 1. The van der Waals surface area contributed by atoms with Crippen molar-refractivity contribution in [3.05, 3.63) is 18.0 Å². The normalized spacial score (nSPS) is 20.4. The molecule has 0 spiro atoms. The molecular weight excluding hydrogens is 208 g/mol. The fraction of sp³-hybridized carbons (Fsp3) is 0.600. The molecule has 2 heterocycles. The smallest absolute Gasteiger partial charge is 0.156 e. The number of rotatable bonds is 3. The zero-order chi connectivity index (χ0) is 10.7. The van der Waals surface area contributed by atoms with Gasteiger partial charge in [-0.2, -0.15) is 5.10 Å². The van der Waals surface area contributed by atoms with E-state index in [1.807, 2.05) is 28.8 Å². The summed E-state index contributed by atoms with van der Waals surface area (Å²) in [6.45, 7) is 6.96. The van der Waals surface area contributed by atoms with Crippen molar-refractivity contribution in [3.8, 4) is 0 Å². The van der Waals surface area contributed by atoms with E-state index in [0.717, 1.165) is 24.8 Å². The summed E-state index contributed by atoms with van der Waals surface area (Å²) >= 11 is 1.82. The molecule has 0 saturated carbocycles. The first-order valence-corrected chi connectivity index (χ1v) is 6.06. The Labute approximate surface area is 94.2 Å². The van der Waals surface area contributed by atoms with Crippen LogP contribution in [0.15, 0.2) is 17.4 Å². The van der Waals surface area contributed by atoms with Gasteiger partial charge in [0, 0.05) is 18.0 Å². The maximum Gasteiger partial charge on any atom is 0.156 e. The first-order valence-electron chi connectivity index (χ1n) is 5.18. The van der Waals surface area contributed by atoms with E-state index in [0.29, 0.717) is 5.25 Å². The number of aliphatic imine (C=N–C) groups is 1.